The molecule has 1 aromatic carbocycles. The lowest BCUT2D eigenvalue weighted by Crippen LogP contribution is -1.95. The molecule has 0 saturated heterocycles. The van der Waals surface area contributed by atoms with Crippen LogP contribution in [0.1, 0.15) is 69.7 Å². The fourth-order valence-corrected chi connectivity index (χ4v) is 5.33. The Bertz CT molecular complexity index is 308. The summed E-state index contributed by atoms with van der Waals surface area (Å²) < 4.78 is 0. The van der Waals surface area contributed by atoms with Gasteiger partial charge in [0.2, 0.25) is 0 Å². The first-order valence-corrected chi connectivity index (χ1v) is 11.5. The average molecular weight is 363 g/mol. The smallest absolute Gasteiger partial charge is 0.107 e. The second-order valence-corrected chi connectivity index (χ2v) is 9.39. The van der Waals surface area contributed by atoms with Crippen molar-refractivity contribution in [2.45, 2.75) is 64.1 Å². The standard InChI is InChI=1S/C12H27P.C7H6Cl2/c1-4-7-10-13(11-8-5-2)12-9-6-3;8-7(9)6-4-2-1-3-5-6/h4-12H2,1-3H3;1-5,7H. The van der Waals surface area contributed by atoms with Crippen LogP contribution < -0.4 is 0 Å². The van der Waals surface area contributed by atoms with Gasteiger partial charge in [-0.3, -0.25) is 0 Å². The molecule has 0 nitrogen and oxygen atoms in total. The lowest BCUT2D eigenvalue weighted by atomic mass is 10.2. The van der Waals surface area contributed by atoms with Gasteiger partial charge < -0.3 is 0 Å². The Kier molecular flexibility index (Phi) is 16.3. The average Bonchev–Trinajstić information content (AvgIpc) is 2.55. The van der Waals surface area contributed by atoms with Crippen molar-refractivity contribution >= 4 is 31.1 Å². The van der Waals surface area contributed by atoms with Crippen LogP contribution >= 0.6 is 31.1 Å². The molecule has 0 heterocycles. The molecule has 0 N–H and O–H groups in total. The van der Waals surface area contributed by atoms with Gasteiger partial charge >= 0.3 is 0 Å². The van der Waals surface area contributed by atoms with Crippen molar-refractivity contribution in [3.8, 4) is 0 Å². The van der Waals surface area contributed by atoms with Gasteiger partial charge in [-0.05, 0) is 43.3 Å². The molecule has 128 valence electrons. The first-order valence-electron chi connectivity index (χ1n) is 8.71. The molecule has 3 heteroatoms. The summed E-state index contributed by atoms with van der Waals surface area (Å²) in [6.07, 6.45) is 13.2. The molecule has 1 rings (SSSR count). The van der Waals surface area contributed by atoms with Gasteiger partial charge in [-0.25, -0.2) is 0 Å². The van der Waals surface area contributed by atoms with E-state index in [4.69, 9.17) is 23.2 Å². The van der Waals surface area contributed by atoms with Crippen LogP contribution in [-0.4, -0.2) is 18.5 Å². The normalized spacial score (nSPS) is 10.7. The van der Waals surface area contributed by atoms with E-state index < -0.39 is 4.84 Å². The van der Waals surface area contributed by atoms with Crippen LogP contribution in [-0.2, 0) is 0 Å². The summed E-state index contributed by atoms with van der Waals surface area (Å²) in [5.41, 5.74) is 0.945. The molecule has 0 radical (unpaired) electrons. The van der Waals surface area contributed by atoms with Crippen LogP contribution in [0.3, 0.4) is 0 Å². The zero-order valence-corrected chi connectivity index (χ0v) is 16.9. The summed E-state index contributed by atoms with van der Waals surface area (Å²) in [5.74, 6) is 0. The maximum absolute atomic E-state index is 5.57. The first-order chi connectivity index (χ1) is 10.7. The van der Waals surface area contributed by atoms with Gasteiger partial charge in [0.1, 0.15) is 4.84 Å². The molecule has 0 fully saturated rings. The van der Waals surface area contributed by atoms with Gasteiger partial charge in [-0.1, -0.05) is 70.4 Å². The van der Waals surface area contributed by atoms with Crippen molar-refractivity contribution in [1.82, 2.24) is 0 Å². The summed E-state index contributed by atoms with van der Waals surface area (Å²) in [7, 11) is 0.422. The minimum Gasteiger partial charge on any atom is -0.107 e. The highest BCUT2D eigenvalue weighted by Gasteiger charge is 2.05. The van der Waals surface area contributed by atoms with E-state index in [1.165, 1.54) is 38.5 Å². The summed E-state index contributed by atoms with van der Waals surface area (Å²) in [5, 5.41) is 0. The fraction of sp³-hybridized carbons (Fsp3) is 0.684. The monoisotopic (exact) mass is 362 g/mol. The van der Waals surface area contributed by atoms with Crippen LogP contribution in [0.5, 0.6) is 0 Å². The minimum absolute atomic E-state index is 0.397. The first kappa shape index (κ1) is 22.2. The Morgan fingerprint density at radius 2 is 1.18 bits per heavy atom. The lowest BCUT2D eigenvalue weighted by Gasteiger charge is -2.16. The number of hydrogen-bond acceptors (Lipinski definition) is 0. The van der Waals surface area contributed by atoms with Crippen LogP contribution in [0.15, 0.2) is 30.3 Å². The molecule has 0 unspecified atom stereocenters. The summed E-state index contributed by atoms with van der Waals surface area (Å²) in [4.78, 5) is -0.397. The van der Waals surface area contributed by atoms with Gasteiger partial charge in [-0.2, -0.15) is 0 Å². The van der Waals surface area contributed by atoms with E-state index in [-0.39, 0.29) is 0 Å². The van der Waals surface area contributed by atoms with Gasteiger partial charge in [0.15, 0.2) is 0 Å². The molecule has 0 aliphatic heterocycles. The third kappa shape index (κ3) is 12.7. The van der Waals surface area contributed by atoms with E-state index in [2.05, 4.69) is 20.8 Å². The Hall–Kier alpha value is 0.230. The SMILES string of the molecule is CCCCP(CCCC)CCCC.ClC(Cl)c1ccccc1. The van der Waals surface area contributed by atoms with Gasteiger partial charge in [0.05, 0.1) is 0 Å². The minimum atomic E-state index is -0.397. The third-order valence-corrected chi connectivity index (χ3v) is 6.89. The molecular weight excluding hydrogens is 330 g/mol. The predicted octanol–water partition coefficient (Wildman–Crippen LogP) is 8.03. The second kappa shape index (κ2) is 16.1. The topological polar surface area (TPSA) is 0 Å². The van der Waals surface area contributed by atoms with E-state index in [1.807, 2.05) is 30.3 Å². The summed E-state index contributed by atoms with van der Waals surface area (Å²) in [6, 6.07) is 9.54. The molecule has 0 amide bonds. The van der Waals surface area contributed by atoms with Crippen LogP contribution in [0.25, 0.3) is 0 Å². The zero-order chi connectivity index (χ0) is 16.6. The maximum atomic E-state index is 5.57. The Balaban J connectivity index is 0.000000425. The van der Waals surface area contributed by atoms with Crippen molar-refractivity contribution in [1.29, 1.82) is 0 Å². The second-order valence-electron chi connectivity index (χ2n) is 5.61. The van der Waals surface area contributed by atoms with Gasteiger partial charge in [0.25, 0.3) is 0 Å². The number of unbranched alkanes of at least 4 members (excludes halogenated alkanes) is 3. The predicted molar refractivity (Wildman–Crippen MR) is 107 cm³/mol. The Labute approximate surface area is 149 Å². The lowest BCUT2D eigenvalue weighted by molar-refractivity contribution is 0.847. The van der Waals surface area contributed by atoms with Crippen molar-refractivity contribution in [2.24, 2.45) is 0 Å². The molecule has 22 heavy (non-hydrogen) atoms. The molecule has 0 bridgehead atoms. The quantitative estimate of drug-likeness (QED) is 0.291. The van der Waals surface area contributed by atoms with Crippen molar-refractivity contribution in [2.75, 3.05) is 18.5 Å². The highest BCUT2D eigenvalue weighted by molar-refractivity contribution is 7.57. The van der Waals surface area contributed by atoms with E-state index in [9.17, 15) is 0 Å². The highest BCUT2D eigenvalue weighted by Crippen LogP contribution is 2.38. The molecule has 1 aromatic rings. The van der Waals surface area contributed by atoms with Crippen LogP contribution in [0.2, 0.25) is 0 Å². The molecule has 0 saturated carbocycles. The highest BCUT2D eigenvalue weighted by atomic mass is 35.5. The van der Waals surface area contributed by atoms with E-state index >= 15 is 0 Å². The number of alkyl halides is 2. The fourth-order valence-electron chi connectivity index (χ4n) is 2.08. The van der Waals surface area contributed by atoms with Crippen LogP contribution in [0.4, 0.5) is 0 Å². The van der Waals surface area contributed by atoms with Crippen molar-refractivity contribution in [3.63, 3.8) is 0 Å². The van der Waals surface area contributed by atoms with E-state index in [0.717, 1.165) is 5.56 Å². The molecule has 0 aliphatic carbocycles. The van der Waals surface area contributed by atoms with Gasteiger partial charge in [0, 0.05) is 0 Å². The van der Waals surface area contributed by atoms with E-state index in [1.54, 1.807) is 18.5 Å². The Morgan fingerprint density at radius 1 is 0.773 bits per heavy atom. The van der Waals surface area contributed by atoms with Gasteiger partial charge in [-0.15, -0.1) is 31.1 Å². The largest absolute Gasteiger partial charge is 0.132 e. The summed E-state index contributed by atoms with van der Waals surface area (Å²) >= 11 is 11.1. The third-order valence-electron chi connectivity index (χ3n) is 3.54. The molecule has 0 aromatic heterocycles. The zero-order valence-electron chi connectivity index (χ0n) is 14.5. The number of halogens is 2. The van der Waals surface area contributed by atoms with Crippen molar-refractivity contribution in [3.05, 3.63) is 35.9 Å². The Morgan fingerprint density at radius 3 is 1.45 bits per heavy atom. The maximum Gasteiger partial charge on any atom is 0.132 e. The number of benzene rings is 1. The number of rotatable bonds is 10. The molecule has 0 atom stereocenters. The van der Waals surface area contributed by atoms with Crippen molar-refractivity contribution < 1.29 is 0 Å². The van der Waals surface area contributed by atoms with E-state index in [0.29, 0.717) is 7.92 Å². The number of hydrogen-bond donors (Lipinski definition) is 0. The molecular formula is C19H33Cl2P. The van der Waals surface area contributed by atoms with Crippen LogP contribution in [0, 0.1) is 0 Å². The summed E-state index contributed by atoms with van der Waals surface area (Å²) in [6.45, 7) is 6.94. The molecule has 0 spiro atoms. The molecule has 0 aliphatic rings.